The maximum atomic E-state index is 12.6. The zero-order valence-electron chi connectivity index (χ0n) is 12.2. The standard InChI is InChI=1S/C13H21N5O4/c14-9(7-19)10-6-18(17-16-10)11(5-12(20)21)13(22)8-1-3-15-4-2-8/h6,8-9,11,15,19H,1-5,7,14H2,(H,20,21)/t9-,11-/m0/s1. The number of aliphatic hydroxyl groups excluding tert-OH is 1. The SMILES string of the molecule is N[C@@H](CO)c1cn([C@@H](CC(=O)O)C(=O)C2CCNCC2)nn1. The zero-order chi connectivity index (χ0) is 16.1. The Morgan fingerprint density at radius 3 is 2.73 bits per heavy atom. The van der Waals surface area contributed by atoms with Crippen LogP contribution in [-0.4, -0.2) is 56.7 Å². The van der Waals surface area contributed by atoms with E-state index >= 15 is 0 Å². The zero-order valence-corrected chi connectivity index (χ0v) is 12.2. The highest BCUT2D eigenvalue weighted by Gasteiger charge is 2.32. The maximum absolute atomic E-state index is 12.6. The molecule has 5 N–H and O–H groups in total. The molecular weight excluding hydrogens is 290 g/mol. The molecule has 1 saturated heterocycles. The number of rotatable bonds is 7. The number of carbonyl (C=O) groups is 2. The molecule has 2 atom stereocenters. The van der Waals surface area contributed by atoms with Gasteiger partial charge in [0, 0.05) is 5.92 Å². The van der Waals surface area contributed by atoms with Crippen molar-refractivity contribution in [3.05, 3.63) is 11.9 Å². The van der Waals surface area contributed by atoms with Crippen molar-refractivity contribution in [1.82, 2.24) is 20.3 Å². The van der Waals surface area contributed by atoms with Crippen molar-refractivity contribution in [3.63, 3.8) is 0 Å². The van der Waals surface area contributed by atoms with Gasteiger partial charge in [0.2, 0.25) is 0 Å². The summed E-state index contributed by atoms with van der Waals surface area (Å²) in [5.74, 6) is -1.39. The number of nitrogens with one attached hydrogen (secondary N) is 1. The molecule has 2 rings (SSSR count). The number of aliphatic carboxylic acids is 1. The summed E-state index contributed by atoms with van der Waals surface area (Å²) in [6, 6.07) is -1.60. The summed E-state index contributed by atoms with van der Waals surface area (Å²) in [6.07, 6.45) is 2.46. The van der Waals surface area contributed by atoms with Crippen molar-refractivity contribution in [2.45, 2.75) is 31.3 Å². The van der Waals surface area contributed by atoms with Gasteiger partial charge in [-0.05, 0) is 25.9 Å². The molecular formula is C13H21N5O4. The average Bonchev–Trinajstić information content (AvgIpc) is 3.01. The second-order valence-corrected chi connectivity index (χ2v) is 5.45. The molecule has 0 bridgehead atoms. The number of hydrogen-bond acceptors (Lipinski definition) is 7. The molecule has 1 fully saturated rings. The Labute approximate surface area is 127 Å². The van der Waals surface area contributed by atoms with Crippen molar-refractivity contribution in [1.29, 1.82) is 0 Å². The monoisotopic (exact) mass is 311 g/mol. The number of carboxylic acid groups (broad SMARTS) is 1. The predicted octanol–water partition coefficient (Wildman–Crippen LogP) is -1.15. The smallest absolute Gasteiger partial charge is 0.305 e. The Morgan fingerprint density at radius 1 is 1.45 bits per heavy atom. The first-order valence-electron chi connectivity index (χ1n) is 7.27. The Bertz CT molecular complexity index is 526. The van der Waals surface area contributed by atoms with Crippen LogP contribution in [0.15, 0.2) is 6.20 Å². The minimum absolute atomic E-state index is 0.141. The second kappa shape index (κ2) is 7.43. The minimum Gasteiger partial charge on any atom is -0.481 e. The van der Waals surface area contributed by atoms with Gasteiger partial charge in [-0.25, -0.2) is 4.68 Å². The molecule has 9 nitrogen and oxygen atoms in total. The van der Waals surface area contributed by atoms with E-state index in [1.165, 1.54) is 10.9 Å². The molecule has 0 unspecified atom stereocenters. The number of carboxylic acids is 1. The number of aliphatic hydroxyl groups is 1. The predicted molar refractivity (Wildman–Crippen MR) is 75.9 cm³/mol. The molecule has 0 aliphatic carbocycles. The summed E-state index contributed by atoms with van der Waals surface area (Å²) in [4.78, 5) is 23.7. The van der Waals surface area contributed by atoms with Gasteiger partial charge in [0.05, 0.1) is 25.3 Å². The van der Waals surface area contributed by atoms with Gasteiger partial charge >= 0.3 is 5.97 Å². The first-order chi connectivity index (χ1) is 10.5. The quantitative estimate of drug-likeness (QED) is 0.494. The van der Waals surface area contributed by atoms with E-state index in [4.69, 9.17) is 15.9 Å². The van der Waals surface area contributed by atoms with Gasteiger partial charge in [-0.2, -0.15) is 0 Å². The molecule has 0 amide bonds. The summed E-state index contributed by atoms with van der Waals surface area (Å²) in [7, 11) is 0. The van der Waals surface area contributed by atoms with Crippen LogP contribution < -0.4 is 11.1 Å². The molecule has 9 heteroatoms. The molecule has 0 aromatic carbocycles. The van der Waals surface area contributed by atoms with E-state index in [9.17, 15) is 9.59 Å². The van der Waals surface area contributed by atoms with Gasteiger partial charge in [-0.3, -0.25) is 9.59 Å². The number of nitrogens with zero attached hydrogens (tertiary/aromatic N) is 3. The van der Waals surface area contributed by atoms with Crippen molar-refractivity contribution in [2.24, 2.45) is 11.7 Å². The summed E-state index contributed by atoms with van der Waals surface area (Å²) in [6.45, 7) is 1.19. The molecule has 0 radical (unpaired) electrons. The minimum atomic E-state index is -1.07. The number of Topliss-reactive ketones (excluding diaryl/α,β-unsaturated/α-hetero) is 1. The van der Waals surface area contributed by atoms with E-state index in [-0.39, 0.29) is 24.7 Å². The average molecular weight is 311 g/mol. The van der Waals surface area contributed by atoms with Crippen LogP contribution in [0.4, 0.5) is 0 Å². The van der Waals surface area contributed by atoms with E-state index in [0.717, 1.165) is 13.1 Å². The van der Waals surface area contributed by atoms with Crippen LogP contribution in [0.2, 0.25) is 0 Å². The van der Waals surface area contributed by atoms with Gasteiger partial charge in [-0.15, -0.1) is 5.10 Å². The van der Waals surface area contributed by atoms with Crippen molar-refractivity contribution >= 4 is 11.8 Å². The lowest BCUT2D eigenvalue weighted by molar-refractivity contribution is -0.141. The van der Waals surface area contributed by atoms with Crippen LogP contribution >= 0.6 is 0 Å². The maximum Gasteiger partial charge on any atom is 0.305 e. The molecule has 1 aromatic heterocycles. The Morgan fingerprint density at radius 2 is 2.14 bits per heavy atom. The van der Waals surface area contributed by atoms with Crippen LogP contribution in [0.1, 0.15) is 37.0 Å². The molecule has 22 heavy (non-hydrogen) atoms. The summed E-state index contributed by atoms with van der Waals surface area (Å²) in [5.41, 5.74) is 5.98. The number of carbonyl (C=O) groups excluding carboxylic acids is 1. The lowest BCUT2D eigenvalue weighted by Crippen LogP contribution is -2.36. The highest BCUT2D eigenvalue weighted by molar-refractivity contribution is 5.88. The van der Waals surface area contributed by atoms with E-state index in [0.29, 0.717) is 18.5 Å². The summed E-state index contributed by atoms with van der Waals surface area (Å²) in [5, 5.41) is 28.9. The fraction of sp³-hybridized carbons (Fsp3) is 0.692. The van der Waals surface area contributed by atoms with Gasteiger partial charge in [-0.1, -0.05) is 5.21 Å². The van der Waals surface area contributed by atoms with E-state index in [1.54, 1.807) is 0 Å². The number of piperidine rings is 1. The number of ketones is 1. The number of hydrogen-bond donors (Lipinski definition) is 4. The molecule has 1 aliphatic heterocycles. The highest BCUT2D eigenvalue weighted by Crippen LogP contribution is 2.23. The lowest BCUT2D eigenvalue weighted by Gasteiger charge is -2.25. The molecule has 2 heterocycles. The fourth-order valence-electron chi connectivity index (χ4n) is 2.57. The van der Waals surface area contributed by atoms with Crippen LogP contribution in [-0.2, 0) is 9.59 Å². The lowest BCUT2D eigenvalue weighted by atomic mass is 9.88. The van der Waals surface area contributed by atoms with Crippen molar-refractivity contribution in [2.75, 3.05) is 19.7 Å². The fourth-order valence-corrected chi connectivity index (χ4v) is 2.57. The van der Waals surface area contributed by atoms with E-state index in [2.05, 4.69) is 15.6 Å². The van der Waals surface area contributed by atoms with E-state index in [1.807, 2.05) is 0 Å². The summed E-state index contributed by atoms with van der Waals surface area (Å²) < 4.78 is 1.25. The van der Waals surface area contributed by atoms with Gasteiger partial charge in [0.15, 0.2) is 5.78 Å². The molecule has 0 spiro atoms. The van der Waals surface area contributed by atoms with Crippen molar-refractivity contribution < 1.29 is 19.8 Å². The molecule has 1 aliphatic rings. The topological polar surface area (TPSA) is 143 Å². The van der Waals surface area contributed by atoms with E-state index < -0.39 is 18.1 Å². The Balaban J connectivity index is 2.19. The Kier molecular flexibility index (Phi) is 5.58. The third kappa shape index (κ3) is 3.87. The number of aromatic nitrogens is 3. The second-order valence-electron chi connectivity index (χ2n) is 5.45. The highest BCUT2D eigenvalue weighted by atomic mass is 16.4. The van der Waals surface area contributed by atoms with Gasteiger partial charge in [0.1, 0.15) is 11.7 Å². The first-order valence-corrected chi connectivity index (χ1v) is 7.27. The molecule has 0 saturated carbocycles. The summed E-state index contributed by atoms with van der Waals surface area (Å²) >= 11 is 0. The van der Waals surface area contributed by atoms with Gasteiger partial charge < -0.3 is 21.3 Å². The van der Waals surface area contributed by atoms with Crippen LogP contribution in [0.25, 0.3) is 0 Å². The molecule has 122 valence electrons. The van der Waals surface area contributed by atoms with Crippen LogP contribution in [0.5, 0.6) is 0 Å². The van der Waals surface area contributed by atoms with Crippen LogP contribution in [0.3, 0.4) is 0 Å². The Hall–Kier alpha value is -1.84. The largest absolute Gasteiger partial charge is 0.481 e. The van der Waals surface area contributed by atoms with Crippen LogP contribution in [0, 0.1) is 5.92 Å². The first kappa shape index (κ1) is 16.5. The van der Waals surface area contributed by atoms with Gasteiger partial charge in [0.25, 0.3) is 0 Å². The van der Waals surface area contributed by atoms with Crippen molar-refractivity contribution in [3.8, 4) is 0 Å². The normalized spacial score (nSPS) is 18.8. The number of nitrogens with two attached hydrogens (primary N) is 1. The third-order valence-corrected chi connectivity index (χ3v) is 3.86. The molecule has 1 aromatic rings. The third-order valence-electron chi connectivity index (χ3n) is 3.86.